The first-order chi connectivity index (χ1) is 17.2. The number of terminal acetylenes is 1. The summed E-state index contributed by atoms with van der Waals surface area (Å²) in [7, 11) is 0. The Labute approximate surface area is 202 Å². The molecule has 0 saturated carbocycles. The molecule has 0 aliphatic rings. The first-order valence-corrected chi connectivity index (χ1v) is 11.3. The van der Waals surface area contributed by atoms with Crippen molar-refractivity contribution < 1.29 is 4.92 Å². The molecule has 0 N–H and O–H groups in total. The van der Waals surface area contributed by atoms with E-state index in [9.17, 15) is 10.1 Å². The number of hydrogen-bond donors (Lipinski definition) is 0. The molecule has 0 aromatic heterocycles. The van der Waals surface area contributed by atoms with Crippen LogP contribution in [0.15, 0.2) is 109 Å². The van der Waals surface area contributed by atoms with E-state index < -0.39 is 0 Å². The zero-order valence-corrected chi connectivity index (χ0v) is 18.7. The molecule has 3 heteroatoms. The predicted molar refractivity (Wildman–Crippen MR) is 144 cm³/mol. The lowest BCUT2D eigenvalue weighted by Crippen LogP contribution is -1.91. The Morgan fingerprint density at radius 1 is 0.514 bits per heavy atom. The van der Waals surface area contributed by atoms with Crippen molar-refractivity contribution in [2.24, 2.45) is 0 Å². The van der Waals surface area contributed by atoms with Crippen molar-refractivity contribution in [2.45, 2.75) is 0 Å². The van der Waals surface area contributed by atoms with Gasteiger partial charge in [0.1, 0.15) is 0 Å². The summed E-state index contributed by atoms with van der Waals surface area (Å²) in [5.74, 6) is 2.80. The monoisotopic (exact) mass is 449 g/mol. The second kappa shape index (κ2) is 8.13. The summed E-state index contributed by atoms with van der Waals surface area (Å²) in [5.41, 5.74) is 5.25. The maximum Gasteiger partial charge on any atom is 0.277 e. The third-order valence-electron chi connectivity index (χ3n) is 6.68. The van der Waals surface area contributed by atoms with Gasteiger partial charge in [-0.25, -0.2) is 0 Å². The average Bonchev–Trinajstić information content (AvgIpc) is 2.91. The Hall–Kier alpha value is -4.94. The fourth-order valence-corrected chi connectivity index (χ4v) is 5.14. The van der Waals surface area contributed by atoms with Crippen molar-refractivity contribution in [1.29, 1.82) is 0 Å². The van der Waals surface area contributed by atoms with E-state index >= 15 is 0 Å². The highest BCUT2D eigenvalue weighted by Gasteiger charge is 2.16. The molecular formula is C32H19NO2. The molecule has 0 heterocycles. The molecule has 3 nitrogen and oxygen atoms in total. The molecule has 0 radical (unpaired) electrons. The number of fused-ring (bicyclic) bond motifs is 3. The van der Waals surface area contributed by atoms with Crippen LogP contribution in [0.3, 0.4) is 0 Å². The topological polar surface area (TPSA) is 43.1 Å². The largest absolute Gasteiger partial charge is 0.277 e. The van der Waals surface area contributed by atoms with Gasteiger partial charge >= 0.3 is 0 Å². The molecule has 164 valence electrons. The summed E-state index contributed by atoms with van der Waals surface area (Å²) < 4.78 is 0. The molecule has 0 saturated heterocycles. The maximum atomic E-state index is 11.6. The van der Waals surface area contributed by atoms with Gasteiger partial charge in [-0.2, -0.15) is 0 Å². The Bertz CT molecular complexity index is 1840. The quantitative estimate of drug-likeness (QED) is 0.155. The van der Waals surface area contributed by atoms with E-state index in [0.29, 0.717) is 5.39 Å². The lowest BCUT2D eigenvalue weighted by Gasteiger charge is -2.15. The second-order valence-electron chi connectivity index (χ2n) is 8.49. The molecule has 0 aliphatic carbocycles. The van der Waals surface area contributed by atoms with Crippen molar-refractivity contribution >= 4 is 38.0 Å². The van der Waals surface area contributed by atoms with Gasteiger partial charge in [0, 0.05) is 11.6 Å². The van der Waals surface area contributed by atoms with Crippen LogP contribution < -0.4 is 0 Å². The molecule has 35 heavy (non-hydrogen) atoms. The Morgan fingerprint density at radius 3 is 1.37 bits per heavy atom. The number of benzene rings is 6. The highest BCUT2D eigenvalue weighted by molar-refractivity contribution is 6.12. The van der Waals surface area contributed by atoms with Gasteiger partial charge in [0.25, 0.3) is 5.69 Å². The standard InChI is InChI=1S/C32H19NO2/c1-2-21-9-3-11-23-22(21)10-4-12-24(23)25-13-5-15-27-26(25)14-6-16-28(27)29-17-7-19-31-30(29)18-8-20-32(31)33(34)35/h1,3-20H. The molecule has 6 rings (SSSR count). The third kappa shape index (κ3) is 3.24. The fraction of sp³-hybridized carbons (Fsp3) is 0. The first-order valence-electron chi connectivity index (χ1n) is 11.3. The van der Waals surface area contributed by atoms with Crippen molar-refractivity contribution in [3.8, 4) is 34.6 Å². The molecule has 0 unspecified atom stereocenters. The number of non-ortho nitro benzene ring substituents is 1. The number of nitro benzene ring substituents is 1. The predicted octanol–water partition coefficient (Wildman–Crippen LogP) is 8.37. The zero-order chi connectivity index (χ0) is 23.9. The molecule has 6 aromatic carbocycles. The van der Waals surface area contributed by atoms with Crippen LogP contribution in [0.4, 0.5) is 5.69 Å². The van der Waals surface area contributed by atoms with Crippen molar-refractivity contribution in [2.75, 3.05) is 0 Å². The summed E-state index contributed by atoms with van der Waals surface area (Å²) >= 11 is 0. The molecule has 0 amide bonds. The molecule has 0 spiro atoms. The average molecular weight is 450 g/mol. The molecule has 0 fully saturated rings. The van der Waals surface area contributed by atoms with Gasteiger partial charge in [0.15, 0.2) is 0 Å². The summed E-state index contributed by atoms with van der Waals surface area (Å²) in [6.45, 7) is 0. The number of rotatable bonds is 3. The van der Waals surface area contributed by atoms with E-state index in [1.807, 2.05) is 42.5 Å². The SMILES string of the molecule is C#Cc1cccc2c(-c3cccc4c(-c5cccc6c([N+](=O)[O-])cccc56)cccc34)cccc12. The van der Waals surface area contributed by atoms with Crippen LogP contribution in [0.1, 0.15) is 5.56 Å². The van der Waals surface area contributed by atoms with E-state index in [-0.39, 0.29) is 10.6 Å². The van der Waals surface area contributed by atoms with E-state index in [1.54, 1.807) is 12.1 Å². The van der Waals surface area contributed by atoms with Crippen molar-refractivity contribution in [3.05, 3.63) is 125 Å². The van der Waals surface area contributed by atoms with Crippen LogP contribution in [-0.4, -0.2) is 4.92 Å². The number of nitro groups is 1. The molecule has 0 aliphatic heterocycles. The zero-order valence-electron chi connectivity index (χ0n) is 18.7. The lowest BCUT2D eigenvalue weighted by molar-refractivity contribution is -0.383. The lowest BCUT2D eigenvalue weighted by atomic mass is 9.89. The molecular weight excluding hydrogens is 430 g/mol. The van der Waals surface area contributed by atoms with Crippen molar-refractivity contribution in [3.63, 3.8) is 0 Å². The van der Waals surface area contributed by atoms with Crippen LogP contribution in [0.25, 0.3) is 54.6 Å². The summed E-state index contributed by atoms with van der Waals surface area (Å²) in [6.07, 6.45) is 5.76. The van der Waals surface area contributed by atoms with Gasteiger partial charge in [0.2, 0.25) is 0 Å². The highest BCUT2D eigenvalue weighted by atomic mass is 16.6. The van der Waals surface area contributed by atoms with Gasteiger partial charge in [0.05, 0.1) is 10.3 Å². The summed E-state index contributed by atoms with van der Waals surface area (Å²) in [5, 5.41) is 17.5. The van der Waals surface area contributed by atoms with Gasteiger partial charge in [-0.05, 0) is 61.3 Å². The van der Waals surface area contributed by atoms with E-state index in [2.05, 4.69) is 60.5 Å². The minimum Gasteiger partial charge on any atom is -0.258 e. The van der Waals surface area contributed by atoms with E-state index in [1.165, 1.54) is 0 Å². The van der Waals surface area contributed by atoms with E-state index in [4.69, 9.17) is 6.42 Å². The molecule has 0 bridgehead atoms. The normalized spacial score (nSPS) is 11.1. The first kappa shape index (κ1) is 20.7. The second-order valence-corrected chi connectivity index (χ2v) is 8.49. The van der Waals surface area contributed by atoms with Crippen molar-refractivity contribution in [1.82, 2.24) is 0 Å². The Morgan fingerprint density at radius 2 is 0.886 bits per heavy atom. The number of hydrogen-bond acceptors (Lipinski definition) is 2. The Kier molecular flexibility index (Phi) is 4.80. The fourth-order valence-electron chi connectivity index (χ4n) is 5.14. The maximum absolute atomic E-state index is 11.6. The van der Waals surface area contributed by atoms with Gasteiger partial charge in [-0.15, -0.1) is 6.42 Å². The van der Waals surface area contributed by atoms with Crippen LogP contribution in [0.5, 0.6) is 0 Å². The van der Waals surface area contributed by atoms with E-state index in [0.717, 1.165) is 54.7 Å². The highest BCUT2D eigenvalue weighted by Crippen LogP contribution is 2.40. The minimum atomic E-state index is -0.321. The van der Waals surface area contributed by atoms with Crippen LogP contribution in [-0.2, 0) is 0 Å². The third-order valence-corrected chi connectivity index (χ3v) is 6.68. The van der Waals surface area contributed by atoms with Gasteiger partial charge in [-0.1, -0.05) is 96.9 Å². The van der Waals surface area contributed by atoms with Gasteiger partial charge < -0.3 is 0 Å². The smallest absolute Gasteiger partial charge is 0.258 e. The van der Waals surface area contributed by atoms with Crippen LogP contribution >= 0.6 is 0 Å². The summed E-state index contributed by atoms with van der Waals surface area (Å²) in [6, 6.07) is 35.9. The van der Waals surface area contributed by atoms with Crippen LogP contribution in [0.2, 0.25) is 0 Å². The minimum absolute atomic E-state index is 0.116. The van der Waals surface area contributed by atoms with Crippen LogP contribution in [0, 0.1) is 22.5 Å². The summed E-state index contributed by atoms with van der Waals surface area (Å²) in [4.78, 5) is 11.3. The number of nitrogens with zero attached hydrogens (tertiary/aromatic N) is 1. The molecule has 6 aromatic rings. The molecule has 0 atom stereocenters. The Balaban J connectivity index is 1.65. The van der Waals surface area contributed by atoms with Gasteiger partial charge in [-0.3, -0.25) is 10.1 Å².